The van der Waals surface area contributed by atoms with Crippen LogP contribution in [0.5, 0.6) is 11.5 Å². The van der Waals surface area contributed by atoms with Gasteiger partial charge < -0.3 is 13.9 Å². The van der Waals surface area contributed by atoms with E-state index in [-0.39, 0.29) is 71.5 Å². The molecule has 0 saturated carbocycles. The molecule has 14 rings (SSSR count). The van der Waals surface area contributed by atoms with Gasteiger partial charge in [-0.15, -0.1) is 29.7 Å². The van der Waals surface area contributed by atoms with E-state index in [1.165, 1.54) is 42.5 Å². The number of rotatable bonds is 9. The third-order valence-electron chi connectivity index (χ3n) is 15.9. The topological polar surface area (TPSA) is 35.9 Å². The van der Waals surface area contributed by atoms with Crippen molar-refractivity contribution in [1.82, 2.24) is 14.1 Å². The summed E-state index contributed by atoms with van der Waals surface area (Å²) in [4.78, 5) is 4.77. The summed E-state index contributed by atoms with van der Waals surface area (Å²) in [5.74, 6) is -0.0914. The van der Waals surface area contributed by atoms with Crippen molar-refractivity contribution in [3.63, 3.8) is 0 Å². The molecule has 0 amide bonds. The Morgan fingerprint density at radius 3 is 1.64 bits per heavy atom. The van der Waals surface area contributed by atoms with Gasteiger partial charge in [0.2, 0.25) is 0 Å². The Balaban J connectivity index is 0.0000165. The molecule has 9 aromatic carbocycles. The molecule has 0 atom stereocenters. The first-order chi connectivity index (χ1) is 62.8. The quantitative estimate of drug-likeness (QED) is 0.107. The van der Waals surface area contributed by atoms with Gasteiger partial charge in [0.05, 0.1) is 24.9 Å². The van der Waals surface area contributed by atoms with Crippen LogP contribution in [0.1, 0.15) is 220 Å². The molecule has 0 radical (unpaired) electrons. The zero-order valence-electron chi connectivity index (χ0n) is 97.8. The van der Waals surface area contributed by atoms with Crippen molar-refractivity contribution in [3.8, 4) is 73.2 Å². The zero-order chi connectivity index (χ0) is 105. The van der Waals surface area contributed by atoms with Gasteiger partial charge in [0.1, 0.15) is 5.82 Å². The van der Waals surface area contributed by atoms with Crippen molar-refractivity contribution in [3.05, 3.63) is 244 Å². The average molecular weight is 1410 g/mol. The second kappa shape index (κ2) is 22.1. The van der Waals surface area contributed by atoms with Crippen molar-refractivity contribution in [1.29, 1.82) is 0 Å². The molecule has 6 heteroatoms. The Kier molecular flexibility index (Phi) is 6.35. The number of para-hydroxylation sites is 1. The van der Waals surface area contributed by atoms with E-state index in [4.69, 9.17) is 42.6 Å². The number of nitrogens with zero attached hydrogens (tertiary/aromatic N) is 4. The van der Waals surface area contributed by atoms with Crippen LogP contribution in [0.15, 0.2) is 176 Å². The molecule has 2 aliphatic rings. The van der Waals surface area contributed by atoms with Gasteiger partial charge >= 0.3 is 0 Å². The molecule has 0 spiro atoms. The second-order valence-corrected chi connectivity index (χ2v) is 22.9. The van der Waals surface area contributed by atoms with E-state index in [1.807, 2.05) is 20.8 Å². The van der Waals surface area contributed by atoms with Gasteiger partial charge in [0, 0.05) is 105 Å². The van der Waals surface area contributed by atoms with Gasteiger partial charge in [0.15, 0.2) is 0 Å². The van der Waals surface area contributed by atoms with E-state index < -0.39 is 249 Å². The minimum absolute atomic E-state index is 0. The fraction of sp³-hybridized carbons (Fsp3) is 0.286. The van der Waals surface area contributed by atoms with Gasteiger partial charge in [-0.3, -0.25) is 4.57 Å². The Morgan fingerprint density at radius 1 is 0.544 bits per heavy atom. The molecule has 0 bridgehead atoms. The smallest absolute Gasteiger partial charge is 0.268 e. The minimum Gasteiger partial charge on any atom is -0.510 e. The summed E-state index contributed by atoms with van der Waals surface area (Å²) in [5.41, 5.74) is -37.2. The number of aryl methyl sites for hydroxylation is 4. The maximum atomic E-state index is 10.6. The van der Waals surface area contributed by atoms with Crippen LogP contribution in [-0.4, -0.2) is 14.1 Å². The average Bonchev–Trinajstić information content (AvgIpc) is 0.695. The SMILES string of the molecule is [2H]c1c([2H])c2c(c([2H])c1-c1cccc(-c3c([2H])c([2H])c4c(c3[2H])C(C([2H])([2H])[2H])(C([2H])([2H])[2H])C([2H])([2H])C([2H])([2H])C4(C([2H])([2H])[2H])C([2H])([2H])[2H])c1-[n+]1[c-]n(-c3[c-]c(Oc4[c-]c5c(cc4)c4cc(-c6c(C([2H])([2H])[2H])cccc6C([2H])([2H])[2H])ccc4n5-c4cc(C(C)(C)C)ccn4)ccc3)c3ccc(-c4c(C([2H])([2H])[2H])cccc4C([2H])([2H])[2H])cc31)C(C([2H])([2H])[2H])(C([2H])([2H])[2H])C([2H])([2H])C([2H])([2H])C2(C([2H])([2H])[2H])C([2H])([2H])[2H].[Pt]. The van der Waals surface area contributed by atoms with Crippen LogP contribution in [0.4, 0.5) is 0 Å². The first-order valence-electron chi connectivity index (χ1n) is 52.7. The molecule has 456 valence electrons. The maximum absolute atomic E-state index is 10.6. The van der Waals surface area contributed by atoms with E-state index in [0.717, 1.165) is 64.7 Å². The molecular formula is C84H82N4OPt-2. The summed E-state index contributed by atoms with van der Waals surface area (Å²) in [7, 11) is 0. The monoisotopic (exact) mass is 1410 g/mol. The second-order valence-electron chi connectivity index (χ2n) is 22.9. The summed E-state index contributed by atoms with van der Waals surface area (Å²) in [6.07, 6.45) is -15.3. The number of aromatic nitrogens is 4. The van der Waals surface area contributed by atoms with Crippen molar-refractivity contribution >= 4 is 32.8 Å². The van der Waals surface area contributed by atoms with Crippen LogP contribution in [0.2, 0.25) is 0 Å². The summed E-state index contributed by atoms with van der Waals surface area (Å²) in [6.45, 7) is -43.9. The number of pyridine rings is 1. The van der Waals surface area contributed by atoms with E-state index in [2.05, 4.69) is 18.5 Å². The molecule has 0 unspecified atom stereocenters. The predicted octanol–water partition coefficient (Wildman–Crippen LogP) is 21.5. The summed E-state index contributed by atoms with van der Waals surface area (Å²) < 4.78 is 473. The predicted molar refractivity (Wildman–Crippen MR) is 370 cm³/mol. The maximum Gasteiger partial charge on any atom is 0.268 e. The largest absolute Gasteiger partial charge is 0.510 e. The van der Waals surface area contributed by atoms with Gasteiger partial charge in [-0.05, 0) is 210 Å². The van der Waals surface area contributed by atoms with E-state index >= 15 is 0 Å². The molecule has 3 aromatic heterocycles. The summed E-state index contributed by atoms with van der Waals surface area (Å²) in [5, 5.41) is 0.815. The van der Waals surface area contributed by atoms with Crippen molar-refractivity contribution in [2.24, 2.45) is 0 Å². The number of hydrogen-bond acceptors (Lipinski definition) is 2. The minimum atomic E-state index is -5.01. The standard InChI is InChI=1S/C84H82N4O.Pt/c1-52-20-16-21-53(2)77(52)58-30-36-72-67(44-58)66-33-32-63(50-74(66)88(72)76-48-60(38-43-85-76)80(5,6)7)89-62-25-18-24-61(49-62)86-51-87(75-47-59(31-37-73(75)86)78-54(3)22-17-23-55(78)4)79-64(56-28-34-68-70(45-56)83(12,13)41-39-81(68,8)9)26-19-27-65(79)57-29-35-69-71(46-57)84(14,15)42-40-82(69,10)11;/h16-38,43-48H,39-42H2,1-15H3;/q-2;/i1D3,2D3,3D3,4D3,8D3,9D3,10D3,11D3,12D3,13D3,14D3,15D3,28D,29D,34D,35D,39D2,40D2,41D2,42D2,45D,46D;. The number of ether oxygens (including phenoxy) is 1. The first kappa shape index (κ1) is 25.9. The molecule has 2 aliphatic carbocycles. The fourth-order valence-electron chi connectivity index (χ4n) is 11.5. The van der Waals surface area contributed by atoms with Crippen LogP contribution < -0.4 is 9.30 Å². The normalized spacial score (nSPS) is 27.7. The molecule has 0 saturated heterocycles. The summed E-state index contributed by atoms with van der Waals surface area (Å²) in [6, 6.07) is 22.9. The van der Waals surface area contributed by atoms with Crippen LogP contribution in [0.3, 0.4) is 0 Å². The fourth-order valence-corrected chi connectivity index (χ4v) is 11.5. The first-order valence-corrected chi connectivity index (χ1v) is 27.7. The Morgan fingerprint density at radius 2 is 1.08 bits per heavy atom. The van der Waals surface area contributed by atoms with E-state index in [0.29, 0.717) is 26.7 Å². The molecule has 3 heterocycles. The molecule has 0 aliphatic heterocycles. The number of benzene rings is 9. The van der Waals surface area contributed by atoms with Crippen molar-refractivity contribution in [2.75, 3.05) is 0 Å². The molecule has 5 nitrogen and oxygen atoms in total. The van der Waals surface area contributed by atoms with Gasteiger partial charge in [0.25, 0.3) is 6.33 Å². The Labute approximate surface area is 618 Å². The molecule has 12 aromatic rings. The van der Waals surface area contributed by atoms with E-state index in [1.54, 1.807) is 47.2 Å². The van der Waals surface area contributed by atoms with E-state index in [9.17, 15) is 35.6 Å². The Bertz CT molecular complexity index is 6740. The number of hydrogen-bond donors (Lipinski definition) is 0. The zero-order valence-corrected chi connectivity index (χ0v) is 50.1. The summed E-state index contributed by atoms with van der Waals surface area (Å²) >= 11 is 0. The third kappa shape index (κ3) is 10.4. The van der Waals surface area contributed by atoms with Crippen LogP contribution in [-0.2, 0) is 48.1 Å². The third-order valence-corrected chi connectivity index (χ3v) is 15.9. The van der Waals surface area contributed by atoms with Crippen LogP contribution in [0, 0.1) is 45.9 Å². The molecular weight excluding hydrogens is 1280 g/mol. The molecule has 0 N–H and O–H groups in total. The Hall–Kier alpha value is -8.11. The molecule has 90 heavy (non-hydrogen) atoms. The van der Waals surface area contributed by atoms with Crippen LogP contribution >= 0.6 is 0 Å². The number of fused-ring (bicyclic) bond motifs is 6. The van der Waals surface area contributed by atoms with Crippen molar-refractivity contribution < 1.29 is 98.9 Å². The van der Waals surface area contributed by atoms with Crippen molar-refractivity contribution in [2.45, 2.75) is 156 Å². The van der Waals surface area contributed by atoms with Gasteiger partial charge in [-0.2, -0.15) is 18.2 Å². The van der Waals surface area contributed by atoms with Crippen LogP contribution in [0.25, 0.3) is 94.5 Å². The molecule has 0 fully saturated rings. The number of imidazole rings is 1. The van der Waals surface area contributed by atoms with Gasteiger partial charge in [-0.25, -0.2) is 4.98 Å². The van der Waals surface area contributed by atoms with Gasteiger partial charge in [-0.1, -0.05) is 196 Å².